The fourth-order valence-electron chi connectivity index (χ4n) is 2.31. The molecule has 25 heavy (non-hydrogen) atoms. The van der Waals surface area contributed by atoms with Gasteiger partial charge in [0.05, 0.1) is 6.54 Å². The van der Waals surface area contributed by atoms with Crippen LogP contribution >= 0.6 is 35.3 Å². The minimum atomic E-state index is 0. The molecule has 0 saturated carbocycles. The number of aromatic nitrogens is 1. The molecule has 0 atom stereocenters. The Hall–Kier alpha value is -1.35. The first-order chi connectivity index (χ1) is 11.7. The van der Waals surface area contributed by atoms with Crippen LogP contribution in [0.1, 0.15) is 23.2 Å². The summed E-state index contributed by atoms with van der Waals surface area (Å²) >= 11 is 1.75. The summed E-state index contributed by atoms with van der Waals surface area (Å²) in [5, 5.41) is 7.77. The summed E-state index contributed by atoms with van der Waals surface area (Å²) in [6.45, 7) is 4.75. The number of nitrogens with zero attached hydrogens (tertiary/aromatic N) is 3. The normalized spacial score (nSPS) is 10.9. The molecule has 0 aliphatic heterocycles. The molecule has 0 bridgehead atoms. The molecule has 1 heterocycles. The summed E-state index contributed by atoms with van der Waals surface area (Å²) in [6.07, 6.45) is 4.04. The summed E-state index contributed by atoms with van der Waals surface area (Å²) in [5.74, 6) is 0.825. The highest BCUT2D eigenvalue weighted by Crippen LogP contribution is 2.13. The zero-order valence-corrected chi connectivity index (χ0v) is 18.3. The number of benzene rings is 1. The van der Waals surface area contributed by atoms with E-state index in [-0.39, 0.29) is 24.0 Å². The lowest BCUT2D eigenvalue weighted by atomic mass is 10.3. The second-order valence-corrected chi connectivity index (χ2v) is 6.74. The SMILES string of the molecule is CCc1cnc(CNC(=NC)NCCCN(C)c2ccccc2)s1.I. The Kier molecular flexibility index (Phi) is 10.5. The zero-order valence-electron chi connectivity index (χ0n) is 15.2. The number of hydrogen-bond acceptors (Lipinski definition) is 4. The molecule has 0 saturated heterocycles. The molecule has 138 valence electrons. The lowest BCUT2D eigenvalue weighted by molar-refractivity contribution is 0.728. The number of para-hydroxylation sites is 1. The molecular weight excluding hydrogens is 445 g/mol. The van der Waals surface area contributed by atoms with Gasteiger partial charge in [0.15, 0.2) is 5.96 Å². The van der Waals surface area contributed by atoms with Gasteiger partial charge < -0.3 is 15.5 Å². The van der Waals surface area contributed by atoms with Crippen LogP contribution in [0.15, 0.2) is 41.5 Å². The number of halogens is 1. The van der Waals surface area contributed by atoms with Gasteiger partial charge in [0.25, 0.3) is 0 Å². The smallest absolute Gasteiger partial charge is 0.191 e. The molecule has 2 rings (SSSR count). The van der Waals surface area contributed by atoms with Gasteiger partial charge in [-0.05, 0) is 25.0 Å². The van der Waals surface area contributed by atoms with E-state index in [1.54, 1.807) is 18.4 Å². The molecule has 1 aromatic heterocycles. The number of rotatable bonds is 8. The molecule has 0 aliphatic rings. The maximum atomic E-state index is 4.41. The maximum Gasteiger partial charge on any atom is 0.191 e. The lowest BCUT2D eigenvalue weighted by Crippen LogP contribution is -2.38. The van der Waals surface area contributed by atoms with Gasteiger partial charge in [-0.25, -0.2) is 4.98 Å². The third kappa shape index (κ3) is 7.60. The van der Waals surface area contributed by atoms with Crippen molar-refractivity contribution in [2.45, 2.75) is 26.3 Å². The lowest BCUT2D eigenvalue weighted by Gasteiger charge is -2.19. The molecule has 0 fully saturated rings. The Morgan fingerprint density at radius 2 is 2.00 bits per heavy atom. The molecule has 7 heteroatoms. The number of guanidine groups is 1. The van der Waals surface area contributed by atoms with E-state index in [0.29, 0.717) is 6.54 Å². The van der Waals surface area contributed by atoms with E-state index in [1.807, 2.05) is 12.3 Å². The van der Waals surface area contributed by atoms with Gasteiger partial charge in [-0.15, -0.1) is 35.3 Å². The van der Waals surface area contributed by atoms with Crippen LogP contribution in [-0.4, -0.2) is 38.1 Å². The second kappa shape index (κ2) is 12.1. The maximum absolute atomic E-state index is 4.41. The second-order valence-electron chi connectivity index (χ2n) is 5.54. The van der Waals surface area contributed by atoms with Gasteiger partial charge in [-0.3, -0.25) is 4.99 Å². The van der Waals surface area contributed by atoms with E-state index in [0.717, 1.165) is 36.9 Å². The third-order valence-electron chi connectivity index (χ3n) is 3.74. The van der Waals surface area contributed by atoms with Crippen molar-refractivity contribution in [3.05, 3.63) is 46.4 Å². The first-order valence-electron chi connectivity index (χ1n) is 8.37. The van der Waals surface area contributed by atoms with Crippen molar-refractivity contribution in [3.8, 4) is 0 Å². The Morgan fingerprint density at radius 1 is 1.24 bits per heavy atom. The number of nitrogens with one attached hydrogen (secondary N) is 2. The minimum absolute atomic E-state index is 0. The number of anilines is 1. The van der Waals surface area contributed by atoms with Crippen molar-refractivity contribution in [2.75, 3.05) is 32.1 Å². The highest BCUT2D eigenvalue weighted by molar-refractivity contribution is 14.0. The van der Waals surface area contributed by atoms with Gasteiger partial charge in [0.1, 0.15) is 5.01 Å². The fraction of sp³-hybridized carbons (Fsp3) is 0.444. The van der Waals surface area contributed by atoms with Crippen molar-refractivity contribution in [3.63, 3.8) is 0 Å². The highest BCUT2D eigenvalue weighted by Gasteiger charge is 2.03. The van der Waals surface area contributed by atoms with Crippen molar-refractivity contribution in [1.82, 2.24) is 15.6 Å². The Bertz CT molecular complexity index is 629. The van der Waals surface area contributed by atoms with Crippen LogP contribution in [-0.2, 0) is 13.0 Å². The molecule has 1 aromatic carbocycles. The van der Waals surface area contributed by atoms with Crippen LogP contribution < -0.4 is 15.5 Å². The fourth-order valence-corrected chi connectivity index (χ4v) is 3.11. The highest BCUT2D eigenvalue weighted by atomic mass is 127. The van der Waals surface area contributed by atoms with Crippen LogP contribution in [0.2, 0.25) is 0 Å². The van der Waals surface area contributed by atoms with Gasteiger partial charge in [-0.2, -0.15) is 0 Å². The Morgan fingerprint density at radius 3 is 2.64 bits per heavy atom. The van der Waals surface area contributed by atoms with Gasteiger partial charge >= 0.3 is 0 Å². The average Bonchev–Trinajstić information content (AvgIpc) is 3.09. The largest absolute Gasteiger partial charge is 0.375 e. The molecular formula is C18H28IN5S. The van der Waals surface area contributed by atoms with Crippen LogP contribution in [0.5, 0.6) is 0 Å². The van der Waals surface area contributed by atoms with E-state index in [2.05, 4.69) is 63.7 Å². The van der Waals surface area contributed by atoms with Crippen LogP contribution in [0.3, 0.4) is 0 Å². The first kappa shape index (κ1) is 21.7. The zero-order chi connectivity index (χ0) is 17.2. The standard InChI is InChI=1S/C18H27N5S.HI/c1-4-16-13-21-17(24-16)14-22-18(19-2)20-11-8-12-23(3)15-9-6-5-7-10-15;/h5-7,9-10,13H,4,8,11-12,14H2,1-3H3,(H2,19,20,22);1H. The van der Waals surface area contributed by atoms with Crippen LogP contribution in [0.4, 0.5) is 5.69 Å². The molecule has 5 nitrogen and oxygen atoms in total. The van der Waals surface area contributed by atoms with Crippen molar-refractivity contribution in [1.29, 1.82) is 0 Å². The van der Waals surface area contributed by atoms with Crippen molar-refractivity contribution >= 4 is 47.0 Å². The van der Waals surface area contributed by atoms with E-state index in [1.165, 1.54) is 10.6 Å². The number of thiazole rings is 1. The third-order valence-corrected chi connectivity index (χ3v) is 4.88. The van der Waals surface area contributed by atoms with Crippen molar-refractivity contribution < 1.29 is 0 Å². The van der Waals surface area contributed by atoms with E-state index in [4.69, 9.17) is 0 Å². The minimum Gasteiger partial charge on any atom is -0.375 e. The number of aliphatic imine (C=N–C) groups is 1. The monoisotopic (exact) mass is 473 g/mol. The predicted molar refractivity (Wildman–Crippen MR) is 119 cm³/mol. The predicted octanol–water partition coefficient (Wildman–Crippen LogP) is 3.52. The molecule has 0 radical (unpaired) electrons. The summed E-state index contributed by atoms with van der Waals surface area (Å²) in [6, 6.07) is 10.4. The quantitative estimate of drug-likeness (QED) is 0.267. The topological polar surface area (TPSA) is 52.6 Å². The Labute approximate surface area is 172 Å². The van der Waals surface area contributed by atoms with E-state index >= 15 is 0 Å². The molecule has 0 spiro atoms. The van der Waals surface area contributed by atoms with Crippen LogP contribution in [0.25, 0.3) is 0 Å². The average molecular weight is 473 g/mol. The molecule has 2 aromatic rings. The molecule has 0 amide bonds. The summed E-state index contributed by atoms with van der Waals surface area (Å²) in [4.78, 5) is 12.3. The number of hydrogen-bond donors (Lipinski definition) is 2. The van der Waals surface area contributed by atoms with Crippen molar-refractivity contribution in [2.24, 2.45) is 4.99 Å². The molecule has 0 unspecified atom stereocenters. The van der Waals surface area contributed by atoms with Crippen LogP contribution in [0, 0.1) is 0 Å². The summed E-state index contributed by atoms with van der Waals surface area (Å²) < 4.78 is 0. The molecule has 0 aliphatic carbocycles. The van der Waals surface area contributed by atoms with Gasteiger partial charge in [0, 0.05) is 43.9 Å². The van der Waals surface area contributed by atoms with E-state index < -0.39 is 0 Å². The summed E-state index contributed by atoms with van der Waals surface area (Å²) in [7, 11) is 3.92. The summed E-state index contributed by atoms with van der Waals surface area (Å²) in [5.41, 5.74) is 1.25. The van der Waals surface area contributed by atoms with Gasteiger partial charge in [0.2, 0.25) is 0 Å². The first-order valence-corrected chi connectivity index (χ1v) is 9.19. The Balaban J connectivity index is 0.00000312. The van der Waals surface area contributed by atoms with E-state index in [9.17, 15) is 0 Å². The van der Waals surface area contributed by atoms with Gasteiger partial charge in [-0.1, -0.05) is 25.1 Å². The number of aryl methyl sites for hydroxylation is 1. The molecule has 2 N–H and O–H groups in total.